The van der Waals surface area contributed by atoms with Crippen molar-refractivity contribution < 1.29 is 27.2 Å². The van der Waals surface area contributed by atoms with Crippen LogP contribution in [0.5, 0.6) is 0 Å². The molecule has 0 aromatic heterocycles. The maximum Gasteiger partial charge on any atom is 0.254 e. The van der Waals surface area contributed by atoms with Crippen LogP contribution < -0.4 is 16.0 Å². The first kappa shape index (κ1) is 34.5. The molecule has 4 aromatic carbocycles. The number of amides is 3. The lowest BCUT2D eigenvalue weighted by atomic mass is 10.0. The molecule has 0 aliphatic carbocycles. The number of hydrogen-bond donors (Lipinski definition) is 3. The molecule has 4 aromatic rings. The Kier molecular flexibility index (Phi) is 11.4. The van der Waals surface area contributed by atoms with Crippen molar-refractivity contribution in [2.45, 2.75) is 49.0 Å². The number of nitrogens with zero attached hydrogens (tertiary/aromatic N) is 1. The maximum absolute atomic E-state index is 14.6. The zero-order chi connectivity index (χ0) is 34.1. The number of aryl methyl sites for hydroxylation is 1. The number of sulfone groups is 1. The van der Waals surface area contributed by atoms with E-state index in [4.69, 9.17) is 0 Å². The highest BCUT2D eigenvalue weighted by Gasteiger charge is 2.26. The van der Waals surface area contributed by atoms with Crippen LogP contribution in [0.15, 0.2) is 108 Å². The Labute approximate surface area is 280 Å². The van der Waals surface area contributed by atoms with Gasteiger partial charge in [-0.25, -0.2) is 12.8 Å². The predicted molar refractivity (Wildman–Crippen MR) is 181 cm³/mol. The lowest BCUT2D eigenvalue weighted by molar-refractivity contribution is -0.123. The zero-order valence-electron chi connectivity index (χ0n) is 26.7. The van der Waals surface area contributed by atoms with Crippen molar-refractivity contribution in [1.29, 1.82) is 0 Å². The monoisotopic (exact) mass is 670 g/mol. The lowest BCUT2D eigenvalue weighted by Crippen LogP contribution is -2.48. The maximum atomic E-state index is 14.6. The summed E-state index contributed by atoms with van der Waals surface area (Å²) >= 11 is 0. The van der Waals surface area contributed by atoms with Gasteiger partial charge < -0.3 is 16.0 Å². The van der Waals surface area contributed by atoms with E-state index < -0.39 is 39.6 Å². The van der Waals surface area contributed by atoms with Crippen molar-refractivity contribution in [3.05, 3.63) is 137 Å². The molecule has 1 aliphatic heterocycles. The van der Waals surface area contributed by atoms with Crippen LogP contribution in [-0.4, -0.2) is 56.7 Å². The van der Waals surface area contributed by atoms with Gasteiger partial charge in [0, 0.05) is 19.6 Å². The summed E-state index contributed by atoms with van der Waals surface area (Å²) in [5, 5.41) is 8.57. The number of halogens is 1. The van der Waals surface area contributed by atoms with Crippen LogP contribution in [0.4, 0.5) is 4.39 Å². The third kappa shape index (κ3) is 9.14. The van der Waals surface area contributed by atoms with E-state index in [9.17, 15) is 27.2 Å². The largest absolute Gasteiger partial charge is 0.355 e. The third-order valence-electron chi connectivity index (χ3n) is 8.27. The van der Waals surface area contributed by atoms with Crippen molar-refractivity contribution in [2.24, 2.45) is 0 Å². The minimum Gasteiger partial charge on any atom is -0.355 e. The van der Waals surface area contributed by atoms with Crippen LogP contribution >= 0.6 is 0 Å². The van der Waals surface area contributed by atoms with E-state index in [0.717, 1.165) is 16.7 Å². The number of benzene rings is 4. The lowest BCUT2D eigenvalue weighted by Gasteiger charge is -2.29. The first-order valence-corrected chi connectivity index (χ1v) is 17.5. The molecule has 3 amide bonds. The Morgan fingerprint density at radius 2 is 1.50 bits per heavy atom. The normalized spacial score (nSPS) is 18.7. The van der Waals surface area contributed by atoms with Crippen LogP contribution in [-0.2, 0) is 38.1 Å². The smallest absolute Gasteiger partial charge is 0.254 e. The fourth-order valence-corrected chi connectivity index (χ4v) is 7.12. The molecule has 0 radical (unpaired) electrons. The van der Waals surface area contributed by atoms with Crippen molar-refractivity contribution >= 4 is 27.6 Å². The van der Waals surface area contributed by atoms with Gasteiger partial charge in [-0.1, -0.05) is 78.9 Å². The van der Waals surface area contributed by atoms with Gasteiger partial charge in [0.25, 0.3) is 5.91 Å². The highest BCUT2D eigenvalue weighted by molar-refractivity contribution is 7.90. The SMILES string of the molecule is C[C@H]1NC(=O)c2cc(ccc2F)CCCNC(=O)CN(Cc2ccccc2CS(=O)(=O)c2ccccc2)C[C@H](c2ccccc2)NC1=O. The van der Waals surface area contributed by atoms with Gasteiger partial charge in [0.1, 0.15) is 11.9 Å². The standard InChI is InChI=1S/C37H39FN4O5S/c1-26-36(44)41-34(28-12-4-2-5-13-28)23-42(22-29-14-8-9-15-30(29)25-48(46,47)31-16-6-3-7-17-31)24-35(43)39-20-10-11-27-18-19-33(38)32(21-27)37(45)40-26/h2-9,12-19,21,26,34H,10-11,20,22-25H2,1H3,(H,39,43)(H,40,45)(H,41,44)/t26-,34-/m1/s1. The molecule has 11 heteroatoms. The number of fused-ring (bicyclic) bond motifs is 2. The van der Waals surface area contributed by atoms with E-state index in [1.165, 1.54) is 19.1 Å². The van der Waals surface area contributed by atoms with Gasteiger partial charge >= 0.3 is 0 Å². The van der Waals surface area contributed by atoms with Gasteiger partial charge in [-0.2, -0.15) is 0 Å². The summed E-state index contributed by atoms with van der Waals surface area (Å²) < 4.78 is 41.3. The van der Waals surface area contributed by atoms with E-state index in [1.54, 1.807) is 48.5 Å². The van der Waals surface area contributed by atoms with E-state index in [1.807, 2.05) is 47.4 Å². The molecular weight excluding hydrogens is 631 g/mol. The summed E-state index contributed by atoms with van der Waals surface area (Å²) in [5.41, 5.74) is 2.68. The molecule has 2 atom stereocenters. The summed E-state index contributed by atoms with van der Waals surface area (Å²) in [4.78, 5) is 41.9. The molecule has 0 unspecified atom stereocenters. The first-order chi connectivity index (χ1) is 23.1. The molecule has 5 rings (SSSR count). The summed E-state index contributed by atoms with van der Waals surface area (Å²) in [6.45, 7) is 2.28. The highest BCUT2D eigenvalue weighted by Crippen LogP contribution is 2.22. The van der Waals surface area contributed by atoms with E-state index in [-0.39, 0.29) is 41.8 Å². The molecule has 48 heavy (non-hydrogen) atoms. The molecule has 1 aliphatic rings. The zero-order valence-corrected chi connectivity index (χ0v) is 27.5. The van der Waals surface area contributed by atoms with Gasteiger partial charge in [0.2, 0.25) is 11.8 Å². The topological polar surface area (TPSA) is 125 Å². The number of carbonyl (C=O) groups excluding carboxylic acids is 3. The minimum absolute atomic E-state index is 0.0219. The minimum atomic E-state index is -3.64. The van der Waals surface area contributed by atoms with Crippen LogP contribution in [0.3, 0.4) is 0 Å². The Bertz CT molecular complexity index is 1850. The Morgan fingerprint density at radius 3 is 2.23 bits per heavy atom. The molecule has 0 saturated heterocycles. The highest BCUT2D eigenvalue weighted by atomic mass is 32.2. The summed E-state index contributed by atoms with van der Waals surface area (Å²) in [6.07, 6.45) is 1.06. The second kappa shape index (κ2) is 15.8. The van der Waals surface area contributed by atoms with E-state index in [2.05, 4.69) is 16.0 Å². The summed E-state index contributed by atoms with van der Waals surface area (Å²) in [7, 11) is -3.64. The Morgan fingerprint density at radius 1 is 0.833 bits per heavy atom. The number of rotatable bonds is 6. The van der Waals surface area contributed by atoms with Crippen molar-refractivity contribution in [1.82, 2.24) is 20.9 Å². The molecule has 2 bridgehead atoms. The summed E-state index contributed by atoms with van der Waals surface area (Å²) in [6, 6.07) is 27.4. The van der Waals surface area contributed by atoms with Crippen LogP contribution in [0, 0.1) is 5.82 Å². The van der Waals surface area contributed by atoms with Gasteiger partial charge in [-0.3, -0.25) is 19.3 Å². The van der Waals surface area contributed by atoms with Gasteiger partial charge in [0.05, 0.1) is 28.8 Å². The van der Waals surface area contributed by atoms with Gasteiger partial charge in [-0.05, 0) is 66.3 Å². The molecule has 0 spiro atoms. The first-order valence-electron chi connectivity index (χ1n) is 15.9. The van der Waals surface area contributed by atoms with Crippen molar-refractivity contribution in [2.75, 3.05) is 19.6 Å². The van der Waals surface area contributed by atoms with Crippen LogP contribution in [0.1, 0.15) is 52.0 Å². The fraction of sp³-hybridized carbons (Fsp3) is 0.270. The predicted octanol–water partition coefficient (Wildman–Crippen LogP) is 4.34. The van der Waals surface area contributed by atoms with Crippen LogP contribution in [0.2, 0.25) is 0 Å². The molecule has 3 N–H and O–H groups in total. The number of carbonyl (C=O) groups is 3. The number of nitrogens with one attached hydrogen (secondary N) is 3. The quantitative estimate of drug-likeness (QED) is 0.281. The number of hydrogen-bond acceptors (Lipinski definition) is 6. The molecule has 0 fully saturated rings. The average molecular weight is 671 g/mol. The Balaban J connectivity index is 1.45. The van der Waals surface area contributed by atoms with Gasteiger partial charge in [0.15, 0.2) is 9.84 Å². The van der Waals surface area contributed by atoms with E-state index >= 15 is 0 Å². The second-order valence-electron chi connectivity index (χ2n) is 11.9. The molecule has 1 heterocycles. The van der Waals surface area contributed by atoms with Crippen LogP contribution in [0.25, 0.3) is 0 Å². The third-order valence-corrected chi connectivity index (χ3v) is 9.95. The van der Waals surface area contributed by atoms with Crippen molar-refractivity contribution in [3.8, 4) is 0 Å². The molecule has 0 saturated carbocycles. The second-order valence-corrected chi connectivity index (χ2v) is 13.9. The fourth-order valence-electron chi connectivity index (χ4n) is 5.69. The Hall–Kier alpha value is -4.87. The molecule has 9 nitrogen and oxygen atoms in total. The van der Waals surface area contributed by atoms with Crippen molar-refractivity contribution in [3.63, 3.8) is 0 Å². The molecule has 250 valence electrons. The average Bonchev–Trinajstić information content (AvgIpc) is 3.08. The van der Waals surface area contributed by atoms with E-state index in [0.29, 0.717) is 24.9 Å². The van der Waals surface area contributed by atoms with Gasteiger partial charge in [-0.15, -0.1) is 0 Å². The molecular formula is C37H39FN4O5S. The summed E-state index contributed by atoms with van der Waals surface area (Å²) in [5.74, 6) is -2.34.